The lowest BCUT2D eigenvalue weighted by molar-refractivity contribution is 0.519. The quantitative estimate of drug-likeness (QED) is 0.811. The summed E-state index contributed by atoms with van der Waals surface area (Å²) in [6, 6.07) is 2.15. The average molecular weight is 247 g/mol. The molecule has 0 saturated carbocycles. The Morgan fingerprint density at radius 3 is 2.61 bits per heavy atom. The molecule has 18 heavy (non-hydrogen) atoms. The first kappa shape index (κ1) is 14.7. The Labute approximate surface area is 111 Å². The van der Waals surface area contributed by atoms with Crippen LogP contribution < -0.4 is 10.2 Å². The van der Waals surface area contributed by atoms with Gasteiger partial charge in [-0.2, -0.15) is 0 Å². The molecule has 0 atom stereocenters. The zero-order valence-electron chi connectivity index (χ0n) is 12.2. The van der Waals surface area contributed by atoms with Crippen molar-refractivity contribution in [3.05, 3.63) is 36.2 Å². The topological polar surface area (TPSA) is 28.2 Å². The number of nitrogens with zero attached hydrogens (tertiary/aromatic N) is 2. The number of nitrogens with one attached hydrogen (secondary N) is 1. The molecule has 0 aliphatic carbocycles. The van der Waals surface area contributed by atoms with Crippen molar-refractivity contribution < 1.29 is 0 Å². The van der Waals surface area contributed by atoms with Crippen molar-refractivity contribution in [1.82, 2.24) is 10.3 Å². The third kappa shape index (κ3) is 3.57. The van der Waals surface area contributed by atoms with Gasteiger partial charge in [-0.1, -0.05) is 6.08 Å². The van der Waals surface area contributed by atoms with Gasteiger partial charge in [-0.3, -0.25) is 4.98 Å². The summed E-state index contributed by atoms with van der Waals surface area (Å²) in [4.78, 5) is 6.75. The van der Waals surface area contributed by atoms with Crippen LogP contribution in [0, 0.1) is 6.92 Å². The fraction of sp³-hybridized carbons (Fsp3) is 0.533. The SMILES string of the molecule is C=CCN(c1cc(C)ncc1CNC)C(C)(C)C. The molecule has 1 heterocycles. The van der Waals surface area contributed by atoms with Crippen LogP contribution in [0.4, 0.5) is 5.69 Å². The monoisotopic (exact) mass is 247 g/mol. The molecule has 0 aliphatic heterocycles. The number of anilines is 1. The lowest BCUT2D eigenvalue weighted by atomic mass is 10.0. The lowest BCUT2D eigenvalue weighted by Gasteiger charge is -2.38. The van der Waals surface area contributed by atoms with E-state index < -0.39 is 0 Å². The first-order chi connectivity index (χ1) is 8.40. The molecule has 0 spiro atoms. The molecule has 0 unspecified atom stereocenters. The Morgan fingerprint density at radius 2 is 2.11 bits per heavy atom. The van der Waals surface area contributed by atoms with Crippen molar-refractivity contribution in [3.63, 3.8) is 0 Å². The normalized spacial score (nSPS) is 11.4. The van der Waals surface area contributed by atoms with Crippen LogP contribution in [0.25, 0.3) is 0 Å². The molecule has 1 aromatic rings. The molecule has 1 aromatic heterocycles. The zero-order valence-corrected chi connectivity index (χ0v) is 12.2. The van der Waals surface area contributed by atoms with Gasteiger partial charge in [-0.25, -0.2) is 0 Å². The highest BCUT2D eigenvalue weighted by molar-refractivity contribution is 5.56. The van der Waals surface area contributed by atoms with Crippen LogP contribution >= 0.6 is 0 Å². The van der Waals surface area contributed by atoms with Gasteiger partial charge in [0, 0.05) is 41.8 Å². The van der Waals surface area contributed by atoms with Gasteiger partial charge in [0.15, 0.2) is 0 Å². The maximum atomic E-state index is 4.39. The van der Waals surface area contributed by atoms with E-state index in [1.54, 1.807) is 0 Å². The van der Waals surface area contributed by atoms with E-state index in [1.807, 2.05) is 26.2 Å². The summed E-state index contributed by atoms with van der Waals surface area (Å²) in [6.45, 7) is 14.2. The summed E-state index contributed by atoms with van der Waals surface area (Å²) >= 11 is 0. The van der Waals surface area contributed by atoms with Crippen molar-refractivity contribution in [1.29, 1.82) is 0 Å². The minimum Gasteiger partial charge on any atom is -0.363 e. The highest BCUT2D eigenvalue weighted by atomic mass is 15.2. The molecule has 1 rings (SSSR count). The van der Waals surface area contributed by atoms with E-state index in [9.17, 15) is 0 Å². The van der Waals surface area contributed by atoms with Crippen LogP contribution in [0.2, 0.25) is 0 Å². The molecule has 0 radical (unpaired) electrons. The molecule has 0 fully saturated rings. The number of aromatic nitrogens is 1. The van der Waals surface area contributed by atoms with Gasteiger partial charge in [-0.05, 0) is 40.8 Å². The van der Waals surface area contributed by atoms with Gasteiger partial charge >= 0.3 is 0 Å². The van der Waals surface area contributed by atoms with Crippen LogP contribution in [0.5, 0.6) is 0 Å². The maximum Gasteiger partial charge on any atom is 0.0452 e. The Morgan fingerprint density at radius 1 is 1.44 bits per heavy atom. The van der Waals surface area contributed by atoms with Crippen molar-refractivity contribution in [3.8, 4) is 0 Å². The molecule has 1 N–H and O–H groups in total. The second-order valence-electron chi connectivity index (χ2n) is 5.55. The molecule has 0 bridgehead atoms. The number of pyridine rings is 1. The predicted molar refractivity (Wildman–Crippen MR) is 79.0 cm³/mol. The van der Waals surface area contributed by atoms with Gasteiger partial charge in [0.25, 0.3) is 0 Å². The van der Waals surface area contributed by atoms with E-state index in [4.69, 9.17) is 0 Å². The number of hydrogen-bond acceptors (Lipinski definition) is 3. The number of rotatable bonds is 5. The zero-order chi connectivity index (χ0) is 13.8. The van der Waals surface area contributed by atoms with Gasteiger partial charge < -0.3 is 10.2 Å². The smallest absolute Gasteiger partial charge is 0.0452 e. The fourth-order valence-electron chi connectivity index (χ4n) is 2.01. The van der Waals surface area contributed by atoms with E-state index >= 15 is 0 Å². The van der Waals surface area contributed by atoms with E-state index in [1.165, 1.54) is 11.3 Å². The van der Waals surface area contributed by atoms with Crippen molar-refractivity contribution >= 4 is 5.69 Å². The van der Waals surface area contributed by atoms with Crippen molar-refractivity contribution in [2.45, 2.75) is 39.8 Å². The van der Waals surface area contributed by atoms with Crippen molar-refractivity contribution in [2.75, 3.05) is 18.5 Å². The highest BCUT2D eigenvalue weighted by Crippen LogP contribution is 2.27. The largest absolute Gasteiger partial charge is 0.363 e. The molecule has 3 nitrogen and oxygen atoms in total. The van der Waals surface area contributed by atoms with Gasteiger partial charge in [0.1, 0.15) is 0 Å². The maximum absolute atomic E-state index is 4.39. The minimum atomic E-state index is 0.0600. The average Bonchev–Trinajstić information content (AvgIpc) is 2.27. The molecule has 0 amide bonds. The lowest BCUT2D eigenvalue weighted by Crippen LogP contribution is -2.42. The Kier molecular flexibility index (Phi) is 4.91. The second-order valence-corrected chi connectivity index (χ2v) is 5.55. The van der Waals surface area contributed by atoms with Gasteiger partial charge in [0.05, 0.1) is 0 Å². The van der Waals surface area contributed by atoms with Crippen molar-refractivity contribution in [2.24, 2.45) is 0 Å². The molecule has 3 heteroatoms. The third-order valence-corrected chi connectivity index (χ3v) is 2.88. The summed E-state index contributed by atoms with van der Waals surface area (Å²) in [5.74, 6) is 0. The van der Waals surface area contributed by atoms with Crippen LogP contribution in [-0.4, -0.2) is 24.1 Å². The number of aryl methyl sites for hydroxylation is 1. The molecule has 0 aliphatic rings. The first-order valence-electron chi connectivity index (χ1n) is 6.38. The molecule has 100 valence electrons. The third-order valence-electron chi connectivity index (χ3n) is 2.88. The Balaban J connectivity index is 3.24. The first-order valence-corrected chi connectivity index (χ1v) is 6.38. The summed E-state index contributed by atoms with van der Waals surface area (Å²) in [5, 5.41) is 3.20. The van der Waals surface area contributed by atoms with E-state index in [0.29, 0.717) is 0 Å². The molecule has 0 aromatic carbocycles. The molecular weight excluding hydrogens is 222 g/mol. The van der Waals surface area contributed by atoms with Gasteiger partial charge in [-0.15, -0.1) is 6.58 Å². The standard InChI is InChI=1S/C15H25N3/c1-7-8-18(15(3,4)5)14-9-12(2)17-11-13(14)10-16-6/h7,9,11,16H,1,8,10H2,2-6H3. The molecular formula is C15H25N3. The Hall–Kier alpha value is -1.35. The van der Waals surface area contributed by atoms with Gasteiger partial charge in [0.2, 0.25) is 0 Å². The summed E-state index contributed by atoms with van der Waals surface area (Å²) in [7, 11) is 1.96. The van der Waals surface area contributed by atoms with Crippen LogP contribution in [0.3, 0.4) is 0 Å². The predicted octanol–water partition coefficient (Wildman–Crippen LogP) is 2.90. The van der Waals surface area contributed by atoms with Crippen LogP contribution in [0.1, 0.15) is 32.0 Å². The Bertz CT molecular complexity index is 405. The fourth-order valence-corrected chi connectivity index (χ4v) is 2.01. The summed E-state index contributed by atoms with van der Waals surface area (Å²) < 4.78 is 0. The summed E-state index contributed by atoms with van der Waals surface area (Å²) in [5.41, 5.74) is 3.57. The second kappa shape index (κ2) is 6.01. The highest BCUT2D eigenvalue weighted by Gasteiger charge is 2.22. The summed E-state index contributed by atoms with van der Waals surface area (Å²) in [6.07, 6.45) is 3.91. The van der Waals surface area contributed by atoms with E-state index in [2.05, 4.69) is 48.6 Å². The minimum absolute atomic E-state index is 0.0600. The van der Waals surface area contributed by atoms with Crippen LogP contribution in [0.15, 0.2) is 24.9 Å². The van der Waals surface area contributed by atoms with E-state index in [0.717, 1.165) is 18.8 Å². The molecule has 0 saturated heterocycles. The number of hydrogen-bond donors (Lipinski definition) is 1. The van der Waals surface area contributed by atoms with Crippen LogP contribution in [-0.2, 0) is 6.54 Å². The van der Waals surface area contributed by atoms with E-state index in [-0.39, 0.29) is 5.54 Å².